The number of amides is 1. The van der Waals surface area contributed by atoms with Crippen LogP contribution in [-0.4, -0.2) is 67.1 Å². The molecule has 2 rings (SSSR count). The number of nitrogens with two attached hydrogens (primary N) is 1. The summed E-state index contributed by atoms with van der Waals surface area (Å²) in [5, 5.41) is 31.6. The summed E-state index contributed by atoms with van der Waals surface area (Å²) in [7, 11) is 0. The minimum atomic E-state index is -1.72. The summed E-state index contributed by atoms with van der Waals surface area (Å²) in [5.74, 6) is -2.33. The Labute approximate surface area is 139 Å². The van der Waals surface area contributed by atoms with Crippen molar-refractivity contribution in [2.45, 2.75) is 43.5 Å². The first-order valence-electron chi connectivity index (χ1n) is 7.25. The summed E-state index contributed by atoms with van der Waals surface area (Å²) in [6, 6.07) is -1.74. The van der Waals surface area contributed by atoms with E-state index in [1.54, 1.807) is 0 Å². The van der Waals surface area contributed by atoms with Gasteiger partial charge in [-0.05, 0) is 6.92 Å². The van der Waals surface area contributed by atoms with E-state index in [0.717, 1.165) is 16.8 Å². The molecule has 0 aliphatic carbocycles. The molecule has 1 fully saturated rings. The first-order valence-corrected chi connectivity index (χ1v) is 7.25. The fourth-order valence-electron chi connectivity index (χ4n) is 2.39. The third-order valence-electron chi connectivity index (χ3n) is 3.71. The van der Waals surface area contributed by atoms with E-state index in [0.29, 0.717) is 0 Å². The van der Waals surface area contributed by atoms with Crippen LogP contribution < -0.4 is 22.3 Å². The monoisotopic (exact) mass is 358 g/mol. The zero-order chi connectivity index (χ0) is 18.9. The van der Waals surface area contributed by atoms with Gasteiger partial charge in [0.15, 0.2) is 12.3 Å². The van der Waals surface area contributed by atoms with E-state index < -0.39 is 59.7 Å². The average Bonchev–Trinajstić information content (AvgIpc) is 2.80. The van der Waals surface area contributed by atoms with Gasteiger partial charge in [-0.2, -0.15) is 0 Å². The highest BCUT2D eigenvalue weighted by Crippen LogP contribution is 2.30. The summed E-state index contributed by atoms with van der Waals surface area (Å²) in [6.45, 7) is 1.33. The van der Waals surface area contributed by atoms with Crippen LogP contribution in [0.5, 0.6) is 0 Å². The van der Waals surface area contributed by atoms with E-state index in [-0.39, 0.29) is 0 Å². The summed E-state index contributed by atoms with van der Waals surface area (Å²) < 4.78 is 6.09. The van der Waals surface area contributed by atoms with Crippen LogP contribution in [0.25, 0.3) is 0 Å². The molecule has 1 aromatic rings. The van der Waals surface area contributed by atoms with Crippen LogP contribution in [0, 0.1) is 0 Å². The molecular formula is C13H18N4O8. The highest BCUT2D eigenvalue weighted by molar-refractivity contribution is 5.86. The smallest absolute Gasteiger partial charge is 0.330 e. The number of carbonyl (C=O) groups excluding carboxylic acids is 1. The topological polar surface area (TPSA) is 197 Å². The lowest BCUT2D eigenvalue weighted by molar-refractivity contribution is -0.149. The van der Waals surface area contributed by atoms with Gasteiger partial charge in [0.2, 0.25) is 5.91 Å². The molecule has 25 heavy (non-hydrogen) atoms. The van der Waals surface area contributed by atoms with E-state index in [4.69, 9.17) is 10.5 Å². The Morgan fingerprint density at radius 3 is 2.52 bits per heavy atom. The van der Waals surface area contributed by atoms with Gasteiger partial charge in [0.1, 0.15) is 18.3 Å². The van der Waals surface area contributed by atoms with Crippen LogP contribution in [0.3, 0.4) is 0 Å². The molecule has 0 radical (unpaired) electrons. The molecular weight excluding hydrogens is 340 g/mol. The number of aliphatic hydroxyl groups excluding tert-OH is 2. The number of aromatic nitrogens is 2. The highest BCUT2D eigenvalue weighted by atomic mass is 16.6. The van der Waals surface area contributed by atoms with E-state index in [1.165, 1.54) is 6.92 Å². The third kappa shape index (κ3) is 3.76. The molecule has 1 aromatic heterocycles. The zero-order valence-electron chi connectivity index (χ0n) is 13.0. The number of nitrogens with zero attached hydrogens (tertiary/aromatic N) is 1. The number of rotatable bonds is 5. The fraction of sp³-hybridized carbons (Fsp3) is 0.538. The molecule has 1 aliphatic heterocycles. The maximum Gasteiger partial charge on any atom is 0.330 e. The van der Waals surface area contributed by atoms with Gasteiger partial charge in [0.05, 0.1) is 6.04 Å². The summed E-state index contributed by atoms with van der Waals surface area (Å²) in [6.07, 6.45) is -5.39. The molecule has 12 heteroatoms. The van der Waals surface area contributed by atoms with Crippen molar-refractivity contribution in [1.29, 1.82) is 0 Å². The van der Waals surface area contributed by atoms with Crippen molar-refractivity contribution in [2.24, 2.45) is 5.73 Å². The Morgan fingerprint density at radius 1 is 1.36 bits per heavy atom. The summed E-state index contributed by atoms with van der Waals surface area (Å²) >= 11 is 0. The first kappa shape index (κ1) is 18.8. The molecule has 0 spiro atoms. The van der Waals surface area contributed by atoms with Crippen molar-refractivity contribution in [3.63, 3.8) is 0 Å². The largest absolute Gasteiger partial charge is 0.480 e. The third-order valence-corrected chi connectivity index (χ3v) is 3.71. The molecule has 2 heterocycles. The van der Waals surface area contributed by atoms with Gasteiger partial charge in [0, 0.05) is 12.3 Å². The second-order valence-electron chi connectivity index (χ2n) is 5.60. The van der Waals surface area contributed by atoms with Crippen LogP contribution in [-0.2, 0) is 14.3 Å². The van der Waals surface area contributed by atoms with Crippen LogP contribution in [0.4, 0.5) is 0 Å². The lowest BCUT2D eigenvalue weighted by atomic mass is 10.0. The number of H-pyrrole nitrogens is 1. The molecule has 6 atom stereocenters. The van der Waals surface area contributed by atoms with Crippen LogP contribution in [0.1, 0.15) is 13.2 Å². The van der Waals surface area contributed by atoms with Crippen molar-refractivity contribution in [3.05, 3.63) is 33.1 Å². The number of nitrogens with one attached hydrogen (secondary N) is 2. The Hall–Kier alpha value is -2.54. The molecule has 0 saturated carbocycles. The minimum Gasteiger partial charge on any atom is -0.480 e. The van der Waals surface area contributed by atoms with Gasteiger partial charge >= 0.3 is 11.7 Å². The molecule has 1 amide bonds. The molecule has 1 aliphatic rings. The van der Waals surface area contributed by atoms with Crippen molar-refractivity contribution in [3.8, 4) is 0 Å². The van der Waals surface area contributed by atoms with Crippen LogP contribution >= 0.6 is 0 Å². The average molecular weight is 358 g/mol. The van der Waals surface area contributed by atoms with Crippen molar-refractivity contribution >= 4 is 11.9 Å². The minimum absolute atomic E-state index is 0.682. The number of carboxylic acids is 1. The van der Waals surface area contributed by atoms with E-state index in [2.05, 4.69) is 5.32 Å². The fourth-order valence-corrected chi connectivity index (χ4v) is 2.39. The lowest BCUT2D eigenvalue weighted by Crippen LogP contribution is -2.55. The summed E-state index contributed by atoms with van der Waals surface area (Å²) in [4.78, 5) is 47.9. The summed E-state index contributed by atoms with van der Waals surface area (Å²) in [5.41, 5.74) is 3.76. The number of hydrogen-bond acceptors (Lipinski definition) is 8. The predicted molar refractivity (Wildman–Crippen MR) is 80.5 cm³/mol. The highest BCUT2D eigenvalue weighted by Gasteiger charge is 2.50. The maximum atomic E-state index is 11.8. The number of aliphatic carboxylic acids is 1. The molecule has 138 valence electrons. The van der Waals surface area contributed by atoms with Gasteiger partial charge in [-0.25, -0.2) is 9.59 Å². The number of carbonyl (C=O) groups is 2. The Bertz CT molecular complexity index is 772. The molecule has 12 nitrogen and oxygen atoms in total. The molecule has 0 bridgehead atoms. The van der Waals surface area contributed by atoms with Crippen molar-refractivity contribution in [1.82, 2.24) is 14.9 Å². The molecule has 0 unspecified atom stereocenters. The van der Waals surface area contributed by atoms with Crippen molar-refractivity contribution in [2.75, 3.05) is 0 Å². The number of carboxylic acid groups (broad SMARTS) is 1. The maximum absolute atomic E-state index is 11.8. The second kappa shape index (κ2) is 7.14. The molecule has 7 N–H and O–H groups in total. The van der Waals surface area contributed by atoms with Crippen LogP contribution in [0.2, 0.25) is 0 Å². The SMILES string of the molecule is C[C@@H](N)C(=O)N[C@@H](C(=O)O)[C@H]1O[C@@H](n2ccc(=O)[nH]c2=O)[C@H](O)[C@@H]1O. The quantitative estimate of drug-likeness (QED) is 0.304. The van der Waals surface area contributed by atoms with E-state index >= 15 is 0 Å². The second-order valence-corrected chi connectivity index (χ2v) is 5.60. The normalized spacial score (nSPS) is 28.3. The van der Waals surface area contributed by atoms with E-state index in [9.17, 15) is 34.5 Å². The van der Waals surface area contributed by atoms with Crippen molar-refractivity contribution < 1.29 is 29.6 Å². The first-order chi connectivity index (χ1) is 11.6. The number of hydrogen-bond donors (Lipinski definition) is 6. The molecule has 1 saturated heterocycles. The standard InChI is InChI=1S/C13H18N4O8/c1-4(14)10(21)16-6(12(22)23)9-7(19)8(20)11(25-9)17-3-2-5(18)15-13(17)24/h2-4,6-9,11,19-20H,14H2,1H3,(H,16,21)(H,22,23)(H,15,18,24)/t4-,6-,7+,8-,9-,11-/m1/s1. The van der Waals surface area contributed by atoms with Gasteiger partial charge in [-0.3, -0.25) is 19.1 Å². The van der Waals surface area contributed by atoms with Crippen LogP contribution in [0.15, 0.2) is 21.9 Å². The lowest BCUT2D eigenvalue weighted by Gasteiger charge is -2.24. The number of aliphatic hydroxyl groups is 2. The van der Waals surface area contributed by atoms with Gasteiger partial charge in [-0.15, -0.1) is 0 Å². The Kier molecular flexibility index (Phi) is 5.37. The Balaban J connectivity index is 2.30. The van der Waals surface area contributed by atoms with E-state index in [1.807, 2.05) is 4.98 Å². The number of ether oxygens (including phenoxy) is 1. The number of aromatic amines is 1. The van der Waals surface area contributed by atoms with Gasteiger partial charge in [-0.1, -0.05) is 0 Å². The van der Waals surface area contributed by atoms with Gasteiger partial charge < -0.3 is 31.1 Å². The van der Waals surface area contributed by atoms with Gasteiger partial charge in [0.25, 0.3) is 5.56 Å². The molecule has 0 aromatic carbocycles. The Morgan fingerprint density at radius 2 is 2.00 bits per heavy atom. The zero-order valence-corrected chi connectivity index (χ0v) is 13.0. The predicted octanol–water partition coefficient (Wildman–Crippen LogP) is -3.93.